The van der Waals surface area contributed by atoms with Gasteiger partial charge >= 0.3 is 0 Å². The number of carbonyl (C=O) groups excluding carboxylic acids is 1. The van der Waals surface area contributed by atoms with Crippen LogP contribution in [0.4, 0.5) is 0 Å². The van der Waals surface area contributed by atoms with Gasteiger partial charge in [-0.1, -0.05) is 25.3 Å². The van der Waals surface area contributed by atoms with E-state index in [0.29, 0.717) is 17.1 Å². The lowest BCUT2D eigenvalue weighted by molar-refractivity contribution is 0.0706. The molecule has 17 heavy (non-hydrogen) atoms. The highest BCUT2D eigenvalue weighted by Crippen LogP contribution is 2.26. The molecule has 1 N–H and O–H groups in total. The minimum absolute atomic E-state index is 0.133. The average Bonchev–Trinajstić information content (AvgIpc) is 2.62. The number of amides is 1. The predicted octanol–water partition coefficient (Wildman–Crippen LogP) is 1.29. The van der Waals surface area contributed by atoms with E-state index >= 15 is 0 Å². The number of aromatic nitrogens is 2. The van der Waals surface area contributed by atoms with Crippen molar-refractivity contribution in [2.75, 3.05) is 13.6 Å². The van der Waals surface area contributed by atoms with Crippen molar-refractivity contribution in [1.29, 1.82) is 0 Å². The second-order valence-corrected chi connectivity index (χ2v) is 5.99. The van der Waals surface area contributed by atoms with Crippen molar-refractivity contribution in [1.82, 2.24) is 14.5 Å². The van der Waals surface area contributed by atoms with Crippen LogP contribution >= 0.6 is 11.5 Å². The minimum Gasteiger partial charge on any atom is -0.392 e. The normalized spacial score (nSPS) is 13.5. The van der Waals surface area contributed by atoms with Gasteiger partial charge in [0.1, 0.15) is 4.88 Å². The number of aliphatic hydroxyl groups excluding tert-OH is 1. The molecule has 6 heteroatoms. The molecule has 96 valence electrons. The van der Waals surface area contributed by atoms with Crippen LogP contribution < -0.4 is 0 Å². The van der Waals surface area contributed by atoms with E-state index in [2.05, 4.69) is 9.59 Å². The molecule has 5 nitrogen and oxygen atoms in total. The van der Waals surface area contributed by atoms with Crippen molar-refractivity contribution in [3.8, 4) is 0 Å². The third kappa shape index (κ3) is 3.47. The molecule has 0 aliphatic carbocycles. The fraction of sp³-hybridized carbons (Fsp3) is 0.727. The van der Waals surface area contributed by atoms with E-state index in [-0.39, 0.29) is 11.3 Å². The summed E-state index contributed by atoms with van der Waals surface area (Å²) in [5.74, 6) is -0.133. The molecule has 1 aromatic rings. The van der Waals surface area contributed by atoms with E-state index in [0.717, 1.165) is 11.5 Å². The van der Waals surface area contributed by atoms with Gasteiger partial charge in [-0.3, -0.25) is 4.79 Å². The van der Waals surface area contributed by atoms with Gasteiger partial charge in [-0.05, 0) is 18.5 Å². The zero-order chi connectivity index (χ0) is 13.2. The summed E-state index contributed by atoms with van der Waals surface area (Å²) in [5, 5.41) is 13.3. The van der Waals surface area contributed by atoms with Crippen LogP contribution in [-0.4, -0.2) is 45.2 Å². The third-order valence-electron chi connectivity index (χ3n) is 2.28. The molecule has 0 aliphatic heterocycles. The number of likely N-dealkylation sites (N-methyl/N-ethyl adjacent to an activating group) is 1. The number of rotatable bonds is 3. The monoisotopic (exact) mass is 257 g/mol. The van der Waals surface area contributed by atoms with Gasteiger partial charge in [0, 0.05) is 19.0 Å². The Labute approximate surface area is 106 Å². The van der Waals surface area contributed by atoms with Gasteiger partial charge in [-0.2, -0.15) is 0 Å². The quantitative estimate of drug-likeness (QED) is 0.886. The summed E-state index contributed by atoms with van der Waals surface area (Å²) in [4.78, 5) is 14.2. The molecule has 0 aromatic carbocycles. The number of hydrogen-bond donors (Lipinski definition) is 1. The first-order valence-electron chi connectivity index (χ1n) is 5.50. The first-order chi connectivity index (χ1) is 7.73. The average molecular weight is 257 g/mol. The summed E-state index contributed by atoms with van der Waals surface area (Å²) in [5.41, 5.74) is 0.508. The van der Waals surface area contributed by atoms with E-state index in [9.17, 15) is 9.90 Å². The summed E-state index contributed by atoms with van der Waals surface area (Å²) in [6.07, 6.45) is -0.539. The SMILES string of the molecule is CC(O)CN(C)C(=O)c1snnc1C(C)(C)C. The van der Waals surface area contributed by atoms with E-state index in [1.807, 2.05) is 20.8 Å². The first-order valence-corrected chi connectivity index (χ1v) is 6.27. The molecule has 1 atom stereocenters. The van der Waals surface area contributed by atoms with Crippen molar-refractivity contribution < 1.29 is 9.90 Å². The number of carbonyl (C=O) groups is 1. The Hall–Kier alpha value is -1.01. The maximum atomic E-state index is 12.2. The number of aliphatic hydroxyl groups is 1. The van der Waals surface area contributed by atoms with Crippen LogP contribution in [0.5, 0.6) is 0 Å². The summed E-state index contributed by atoms with van der Waals surface area (Å²) < 4.78 is 3.85. The van der Waals surface area contributed by atoms with Crippen LogP contribution in [0.2, 0.25) is 0 Å². The Morgan fingerprint density at radius 2 is 2.12 bits per heavy atom. The summed E-state index contributed by atoms with van der Waals surface area (Å²) in [6, 6.07) is 0. The molecule has 0 fully saturated rings. The van der Waals surface area contributed by atoms with E-state index in [1.54, 1.807) is 14.0 Å². The Bertz CT molecular complexity index is 396. The maximum Gasteiger partial charge on any atom is 0.267 e. The molecule has 1 amide bonds. The van der Waals surface area contributed by atoms with Crippen LogP contribution in [0.25, 0.3) is 0 Å². The van der Waals surface area contributed by atoms with Crippen molar-refractivity contribution in [2.45, 2.75) is 39.2 Å². The Balaban J connectivity index is 2.94. The molecule has 1 unspecified atom stereocenters. The molecule has 0 saturated carbocycles. The molecule has 1 aromatic heterocycles. The van der Waals surface area contributed by atoms with Gasteiger partial charge in [0.15, 0.2) is 0 Å². The molecule has 1 heterocycles. The van der Waals surface area contributed by atoms with Gasteiger partial charge < -0.3 is 10.0 Å². The zero-order valence-electron chi connectivity index (χ0n) is 10.9. The fourth-order valence-electron chi connectivity index (χ4n) is 1.47. The summed E-state index contributed by atoms with van der Waals surface area (Å²) in [6.45, 7) is 7.94. The van der Waals surface area contributed by atoms with Gasteiger partial charge in [-0.25, -0.2) is 0 Å². The van der Waals surface area contributed by atoms with Crippen molar-refractivity contribution >= 4 is 17.4 Å². The van der Waals surface area contributed by atoms with Gasteiger partial charge in [0.2, 0.25) is 0 Å². The summed E-state index contributed by atoms with van der Waals surface area (Å²) in [7, 11) is 1.67. The Morgan fingerprint density at radius 3 is 2.59 bits per heavy atom. The standard InChI is InChI=1S/C11H19N3O2S/c1-7(15)6-14(5)10(16)8-9(11(2,3)4)12-13-17-8/h7,15H,6H2,1-5H3. The highest BCUT2D eigenvalue weighted by atomic mass is 32.1. The predicted molar refractivity (Wildman–Crippen MR) is 67.3 cm³/mol. The largest absolute Gasteiger partial charge is 0.392 e. The lowest BCUT2D eigenvalue weighted by atomic mass is 9.91. The molecular formula is C11H19N3O2S. The van der Waals surface area contributed by atoms with Gasteiger partial charge in [-0.15, -0.1) is 5.10 Å². The highest BCUT2D eigenvalue weighted by Gasteiger charge is 2.28. The van der Waals surface area contributed by atoms with Crippen LogP contribution in [0.3, 0.4) is 0 Å². The molecule has 1 rings (SSSR count). The van der Waals surface area contributed by atoms with Crippen molar-refractivity contribution in [3.05, 3.63) is 10.6 Å². The fourth-order valence-corrected chi connectivity index (χ4v) is 2.35. The zero-order valence-corrected chi connectivity index (χ0v) is 11.7. The van der Waals surface area contributed by atoms with E-state index in [4.69, 9.17) is 0 Å². The molecule has 0 spiro atoms. The molecule has 0 bridgehead atoms. The maximum absolute atomic E-state index is 12.2. The Kier molecular flexibility index (Phi) is 4.21. The molecule has 0 saturated heterocycles. The van der Waals surface area contributed by atoms with Gasteiger partial charge in [0.25, 0.3) is 5.91 Å². The van der Waals surface area contributed by atoms with Gasteiger partial charge in [0.05, 0.1) is 11.8 Å². The second-order valence-electron chi connectivity index (χ2n) is 5.24. The highest BCUT2D eigenvalue weighted by molar-refractivity contribution is 7.08. The smallest absolute Gasteiger partial charge is 0.267 e. The third-order valence-corrected chi connectivity index (χ3v) is 2.99. The topological polar surface area (TPSA) is 66.3 Å². The minimum atomic E-state index is -0.539. The van der Waals surface area contributed by atoms with Crippen LogP contribution in [0.1, 0.15) is 43.1 Å². The van der Waals surface area contributed by atoms with E-state index in [1.165, 1.54) is 4.90 Å². The molecule has 0 radical (unpaired) electrons. The van der Waals surface area contributed by atoms with Crippen LogP contribution in [0.15, 0.2) is 0 Å². The Morgan fingerprint density at radius 1 is 1.53 bits per heavy atom. The second kappa shape index (κ2) is 5.10. The number of hydrogen-bond acceptors (Lipinski definition) is 5. The lowest BCUT2D eigenvalue weighted by Gasteiger charge is -2.21. The first kappa shape index (κ1) is 14.1. The van der Waals surface area contributed by atoms with E-state index < -0.39 is 6.10 Å². The van der Waals surface area contributed by atoms with Crippen molar-refractivity contribution in [3.63, 3.8) is 0 Å². The van der Waals surface area contributed by atoms with Crippen LogP contribution in [-0.2, 0) is 5.41 Å². The summed E-state index contributed by atoms with van der Waals surface area (Å²) >= 11 is 1.11. The van der Waals surface area contributed by atoms with Crippen LogP contribution in [0, 0.1) is 0 Å². The van der Waals surface area contributed by atoms with Crippen molar-refractivity contribution in [2.24, 2.45) is 0 Å². The number of nitrogens with zero attached hydrogens (tertiary/aromatic N) is 3. The molecular weight excluding hydrogens is 238 g/mol. The lowest BCUT2D eigenvalue weighted by Crippen LogP contribution is -2.34. The molecule has 0 aliphatic rings.